The van der Waals surface area contributed by atoms with Crippen LogP contribution in [-0.2, 0) is 16.6 Å². The number of hydrogen-bond acceptors (Lipinski definition) is 4. The van der Waals surface area contributed by atoms with Gasteiger partial charge in [0.1, 0.15) is 0 Å². The van der Waals surface area contributed by atoms with Crippen LogP contribution in [0, 0.1) is 0 Å². The number of halogens is 1. The van der Waals surface area contributed by atoms with E-state index in [-0.39, 0.29) is 6.04 Å². The van der Waals surface area contributed by atoms with Gasteiger partial charge in [-0.15, -0.1) is 0 Å². The number of thioether (sulfide) groups is 1. The SMILES string of the molecule is CCNCc1ccc(Br)c(S(=O)(=O)NC2CCSC2)c1. The Kier molecular flexibility index (Phi) is 5.92. The fraction of sp³-hybridized carbons (Fsp3) is 0.538. The molecule has 4 nitrogen and oxygen atoms in total. The molecular weight excluding hydrogens is 360 g/mol. The van der Waals surface area contributed by atoms with Gasteiger partial charge < -0.3 is 5.32 Å². The van der Waals surface area contributed by atoms with E-state index in [9.17, 15) is 8.42 Å². The summed E-state index contributed by atoms with van der Waals surface area (Å²) in [6, 6.07) is 5.51. The smallest absolute Gasteiger partial charge is 0.241 e. The van der Waals surface area contributed by atoms with Crippen molar-refractivity contribution < 1.29 is 8.42 Å². The fourth-order valence-corrected chi connectivity index (χ4v) is 5.59. The lowest BCUT2D eigenvalue weighted by molar-refractivity contribution is 0.562. The average molecular weight is 379 g/mol. The highest BCUT2D eigenvalue weighted by atomic mass is 79.9. The molecule has 7 heteroatoms. The molecule has 0 aliphatic carbocycles. The zero-order valence-electron chi connectivity index (χ0n) is 11.4. The molecule has 20 heavy (non-hydrogen) atoms. The highest BCUT2D eigenvalue weighted by Gasteiger charge is 2.25. The van der Waals surface area contributed by atoms with Crippen molar-refractivity contribution in [1.29, 1.82) is 0 Å². The predicted molar refractivity (Wildman–Crippen MR) is 87.6 cm³/mol. The Hall–Kier alpha value is -0.0800. The first-order valence-corrected chi connectivity index (χ1v) is 10.0. The first-order valence-electron chi connectivity index (χ1n) is 6.62. The van der Waals surface area contributed by atoms with Crippen LogP contribution in [0.3, 0.4) is 0 Å². The van der Waals surface area contributed by atoms with Crippen LogP contribution < -0.4 is 10.0 Å². The van der Waals surface area contributed by atoms with Gasteiger partial charge in [-0.25, -0.2) is 13.1 Å². The van der Waals surface area contributed by atoms with E-state index in [0.29, 0.717) is 15.9 Å². The van der Waals surface area contributed by atoms with Crippen LogP contribution >= 0.6 is 27.7 Å². The molecule has 0 amide bonds. The molecule has 1 aliphatic heterocycles. The van der Waals surface area contributed by atoms with Crippen molar-refractivity contribution in [2.24, 2.45) is 0 Å². The second-order valence-corrected chi connectivity index (χ2v) is 8.41. The summed E-state index contributed by atoms with van der Waals surface area (Å²) in [5, 5.41) is 3.20. The number of benzene rings is 1. The third-order valence-corrected chi connectivity index (χ3v) is 6.79. The molecule has 1 aromatic carbocycles. The van der Waals surface area contributed by atoms with Crippen molar-refractivity contribution in [2.75, 3.05) is 18.1 Å². The van der Waals surface area contributed by atoms with Gasteiger partial charge >= 0.3 is 0 Å². The van der Waals surface area contributed by atoms with Gasteiger partial charge in [0.25, 0.3) is 0 Å². The molecular formula is C13H19BrN2O2S2. The summed E-state index contributed by atoms with van der Waals surface area (Å²) in [6.07, 6.45) is 0.901. The molecule has 0 bridgehead atoms. The predicted octanol–water partition coefficient (Wildman–Crippen LogP) is 2.34. The minimum Gasteiger partial charge on any atom is -0.313 e. The Bertz CT molecular complexity index is 557. The zero-order valence-corrected chi connectivity index (χ0v) is 14.6. The van der Waals surface area contributed by atoms with Crippen molar-refractivity contribution in [2.45, 2.75) is 30.8 Å². The number of rotatable bonds is 6. The van der Waals surface area contributed by atoms with Gasteiger partial charge in [0.05, 0.1) is 4.90 Å². The minimum atomic E-state index is -3.46. The van der Waals surface area contributed by atoms with E-state index in [1.54, 1.807) is 23.9 Å². The maximum absolute atomic E-state index is 12.5. The summed E-state index contributed by atoms with van der Waals surface area (Å²) in [7, 11) is -3.46. The number of hydrogen-bond donors (Lipinski definition) is 2. The lowest BCUT2D eigenvalue weighted by atomic mass is 10.2. The zero-order chi connectivity index (χ0) is 14.6. The van der Waals surface area contributed by atoms with Crippen LogP contribution in [0.2, 0.25) is 0 Å². The summed E-state index contributed by atoms with van der Waals surface area (Å²) < 4.78 is 28.3. The molecule has 0 spiro atoms. The van der Waals surface area contributed by atoms with Crippen molar-refractivity contribution in [3.05, 3.63) is 28.2 Å². The van der Waals surface area contributed by atoms with E-state index >= 15 is 0 Å². The van der Waals surface area contributed by atoms with E-state index in [2.05, 4.69) is 26.0 Å². The van der Waals surface area contributed by atoms with Crippen LogP contribution in [0.5, 0.6) is 0 Å². The van der Waals surface area contributed by atoms with Crippen molar-refractivity contribution >= 4 is 37.7 Å². The molecule has 1 saturated heterocycles. The van der Waals surface area contributed by atoms with Gasteiger partial charge in [0.2, 0.25) is 10.0 Å². The van der Waals surface area contributed by atoms with Gasteiger partial charge in [-0.3, -0.25) is 0 Å². The first kappa shape index (κ1) is 16.3. The summed E-state index contributed by atoms with van der Waals surface area (Å²) in [5.74, 6) is 1.88. The van der Waals surface area contributed by atoms with E-state index in [1.807, 2.05) is 13.0 Å². The largest absolute Gasteiger partial charge is 0.313 e. The third kappa shape index (κ3) is 4.21. The highest BCUT2D eigenvalue weighted by Crippen LogP contribution is 2.25. The highest BCUT2D eigenvalue weighted by molar-refractivity contribution is 9.10. The Labute approximate surface area is 133 Å². The Morgan fingerprint density at radius 2 is 2.25 bits per heavy atom. The van der Waals surface area contributed by atoms with Crippen LogP contribution in [0.15, 0.2) is 27.6 Å². The monoisotopic (exact) mass is 378 g/mol. The molecule has 1 atom stereocenters. The van der Waals surface area contributed by atoms with Crippen molar-refractivity contribution in [1.82, 2.24) is 10.0 Å². The lowest BCUT2D eigenvalue weighted by Gasteiger charge is -2.14. The van der Waals surface area contributed by atoms with E-state index in [1.165, 1.54) is 0 Å². The molecule has 1 unspecified atom stereocenters. The van der Waals surface area contributed by atoms with Crippen LogP contribution in [-0.4, -0.2) is 32.5 Å². The molecule has 1 aromatic rings. The Morgan fingerprint density at radius 1 is 1.45 bits per heavy atom. The molecule has 112 valence electrons. The third-order valence-electron chi connectivity index (χ3n) is 3.12. The summed E-state index contributed by atoms with van der Waals surface area (Å²) in [5.41, 5.74) is 0.969. The normalized spacial score (nSPS) is 19.4. The van der Waals surface area contributed by atoms with Crippen molar-refractivity contribution in [3.63, 3.8) is 0 Å². The summed E-state index contributed by atoms with van der Waals surface area (Å²) >= 11 is 5.13. The topological polar surface area (TPSA) is 58.2 Å². The van der Waals surface area contributed by atoms with E-state index in [0.717, 1.165) is 30.0 Å². The maximum atomic E-state index is 12.5. The van der Waals surface area contributed by atoms with Gasteiger partial charge in [0, 0.05) is 22.8 Å². The maximum Gasteiger partial charge on any atom is 0.241 e. The molecule has 1 aliphatic rings. The minimum absolute atomic E-state index is 0.0503. The van der Waals surface area contributed by atoms with Gasteiger partial charge in [0.15, 0.2) is 0 Å². The Balaban J connectivity index is 2.20. The van der Waals surface area contributed by atoms with Gasteiger partial charge in [-0.1, -0.05) is 13.0 Å². The molecule has 0 aromatic heterocycles. The quantitative estimate of drug-likeness (QED) is 0.797. The fourth-order valence-electron chi connectivity index (χ4n) is 2.04. The lowest BCUT2D eigenvalue weighted by Crippen LogP contribution is -2.34. The number of nitrogens with one attached hydrogen (secondary N) is 2. The van der Waals surface area contributed by atoms with Crippen LogP contribution in [0.1, 0.15) is 18.9 Å². The van der Waals surface area contributed by atoms with Crippen LogP contribution in [0.25, 0.3) is 0 Å². The first-order chi connectivity index (χ1) is 9.53. The molecule has 1 heterocycles. The summed E-state index contributed by atoms with van der Waals surface area (Å²) in [6.45, 7) is 3.55. The molecule has 0 saturated carbocycles. The standard InChI is InChI=1S/C13H19BrN2O2S2/c1-2-15-8-10-3-4-12(14)13(7-10)20(17,18)16-11-5-6-19-9-11/h3-4,7,11,15-16H,2,5-6,8-9H2,1H3. The van der Waals surface area contributed by atoms with Crippen LogP contribution in [0.4, 0.5) is 0 Å². The second kappa shape index (κ2) is 7.26. The Morgan fingerprint density at radius 3 is 2.90 bits per heavy atom. The number of sulfonamides is 1. The van der Waals surface area contributed by atoms with E-state index < -0.39 is 10.0 Å². The average Bonchev–Trinajstić information content (AvgIpc) is 2.89. The van der Waals surface area contributed by atoms with Crippen molar-refractivity contribution in [3.8, 4) is 0 Å². The second-order valence-electron chi connectivity index (χ2n) is 4.73. The molecule has 1 fully saturated rings. The summed E-state index contributed by atoms with van der Waals surface area (Å²) in [4.78, 5) is 0.324. The van der Waals surface area contributed by atoms with Gasteiger partial charge in [-0.05, 0) is 52.3 Å². The molecule has 0 radical (unpaired) electrons. The van der Waals surface area contributed by atoms with E-state index in [4.69, 9.17) is 0 Å². The van der Waals surface area contributed by atoms with Gasteiger partial charge in [-0.2, -0.15) is 11.8 Å². The molecule has 2 rings (SSSR count). The molecule has 2 N–H and O–H groups in total.